The third-order valence-electron chi connectivity index (χ3n) is 4.25. The van der Waals surface area contributed by atoms with Gasteiger partial charge in [0.05, 0.1) is 0 Å². The molecule has 0 bridgehead atoms. The lowest BCUT2D eigenvalue weighted by Crippen LogP contribution is -2.49. The van der Waals surface area contributed by atoms with Gasteiger partial charge in [-0.05, 0) is 24.6 Å². The molecule has 1 aromatic heterocycles. The van der Waals surface area contributed by atoms with Crippen LogP contribution in [0.25, 0.3) is 0 Å². The summed E-state index contributed by atoms with van der Waals surface area (Å²) in [5.41, 5.74) is 2.88. The third-order valence-corrected chi connectivity index (χ3v) is 4.25. The molecule has 1 N–H and O–H groups in total. The predicted molar refractivity (Wildman–Crippen MR) is 100 cm³/mol. The van der Waals surface area contributed by atoms with Crippen LogP contribution < -0.4 is 10.2 Å². The van der Waals surface area contributed by atoms with E-state index in [1.165, 1.54) is 17.6 Å². The van der Waals surface area contributed by atoms with Crippen LogP contribution in [0.5, 0.6) is 0 Å². The highest BCUT2D eigenvalue weighted by molar-refractivity contribution is 5.93. The zero-order valence-corrected chi connectivity index (χ0v) is 14.5. The first-order valence-corrected chi connectivity index (χ1v) is 8.45. The number of carbonyl (C=O) groups is 1. The number of benzene rings is 1. The zero-order valence-electron chi connectivity index (χ0n) is 14.5. The van der Waals surface area contributed by atoms with Crippen molar-refractivity contribution in [3.63, 3.8) is 0 Å². The van der Waals surface area contributed by atoms with Crippen molar-refractivity contribution in [3.05, 3.63) is 60.6 Å². The van der Waals surface area contributed by atoms with Crippen LogP contribution >= 0.6 is 0 Å². The number of rotatable bonds is 5. The molecule has 2 heterocycles. The second-order valence-corrected chi connectivity index (χ2v) is 6.08. The number of hydrogen-bond donors (Lipinski definition) is 1. The van der Waals surface area contributed by atoms with Gasteiger partial charge in [0.25, 0.3) is 5.91 Å². The van der Waals surface area contributed by atoms with Gasteiger partial charge in [-0.25, -0.2) is 9.97 Å². The van der Waals surface area contributed by atoms with Gasteiger partial charge in [-0.2, -0.15) is 0 Å². The topological polar surface area (TPSA) is 61.4 Å². The number of carbonyl (C=O) groups excluding carboxylic acids is 1. The Balaban J connectivity index is 1.62. The highest BCUT2D eigenvalue weighted by Gasteiger charge is 2.23. The summed E-state index contributed by atoms with van der Waals surface area (Å²) in [5.74, 6) is 0.588. The van der Waals surface area contributed by atoms with E-state index in [4.69, 9.17) is 0 Å². The Bertz CT molecular complexity index is 753. The molecule has 1 aromatic carbocycles. The maximum Gasteiger partial charge on any atom is 0.272 e. The fourth-order valence-electron chi connectivity index (χ4n) is 2.90. The fourth-order valence-corrected chi connectivity index (χ4v) is 2.90. The van der Waals surface area contributed by atoms with E-state index in [2.05, 4.69) is 58.0 Å². The quantitative estimate of drug-likeness (QED) is 0.849. The fraction of sp³-hybridized carbons (Fsp3) is 0.316. The van der Waals surface area contributed by atoms with Crippen molar-refractivity contribution < 1.29 is 4.79 Å². The lowest BCUT2D eigenvalue weighted by atomic mass is 10.2. The number of hydrogen-bond acceptors (Lipinski definition) is 5. The lowest BCUT2D eigenvalue weighted by molar-refractivity contribution is 0.0740. The SMILES string of the molecule is C=CCNc1cc(C(=O)N2CCN(c3cccc(C)c3)CC2)ncn1. The second kappa shape index (κ2) is 7.79. The van der Waals surface area contributed by atoms with Crippen molar-refractivity contribution in [1.29, 1.82) is 0 Å². The molecule has 0 aliphatic carbocycles. The number of anilines is 2. The van der Waals surface area contributed by atoms with Crippen molar-refractivity contribution in [2.75, 3.05) is 42.9 Å². The highest BCUT2D eigenvalue weighted by atomic mass is 16.2. The molecule has 0 saturated carbocycles. The van der Waals surface area contributed by atoms with E-state index in [-0.39, 0.29) is 5.91 Å². The first-order valence-electron chi connectivity index (χ1n) is 8.45. The van der Waals surface area contributed by atoms with Crippen LogP contribution in [0.3, 0.4) is 0 Å². The van der Waals surface area contributed by atoms with Gasteiger partial charge < -0.3 is 15.1 Å². The first-order chi connectivity index (χ1) is 12.2. The minimum atomic E-state index is -0.0482. The third kappa shape index (κ3) is 4.15. The number of aryl methyl sites for hydroxylation is 1. The zero-order chi connectivity index (χ0) is 17.6. The molecule has 0 spiro atoms. The molecule has 1 aliphatic heterocycles. The van der Waals surface area contributed by atoms with Gasteiger partial charge in [0, 0.05) is 44.5 Å². The van der Waals surface area contributed by atoms with Gasteiger partial charge >= 0.3 is 0 Å². The molecule has 1 amide bonds. The average Bonchev–Trinajstić information content (AvgIpc) is 2.66. The summed E-state index contributed by atoms with van der Waals surface area (Å²) in [5, 5.41) is 3.08. The smallest absolute Gasteiger partial charge is 0.272 e. The standard InChI is InChI=1S/C19H23N5O/c1-3-7-20-18-13-17(21-14-22-18)19(25)24-10-8-23(9-11-24)16-6-4-5-15(2)12-16/h3-6,12-14H,1,7-11H2,2H3,(H,20,21,22). The summed E-state index contributed by atoms with van der Waals surface area (Å²) >= 11 is 0. The van der Waals surface area contributed by atoms with E-state index in [9.17, 15) is 4.79 Å². The van der Waals surface area contributed by atoms with Gasteiger partial charge in [0.2, 0.25) is 0 Å². The van der Waals surface area contributed by atoms with E-state index in [1.807, 2.05) is 4.90 Å². The molecular weight excluding hydrogens is 314 g/mol. The number of nitrogens with zero attached hydrogens (tertiary/aromatic N) is 4. The van der Waals surface area contributed by atoms with E-state index in [0.29, 0.717) is 31.1 Å². The Kier molecular flexibility index (Phi) is 5.28. The molecule has 6 heteroatoms. The van der Waals surface area contributed by atoms with Gasteiger partial charge in [0.15, 0.2) is 0 Å². The molecule has 1 aliphatic rings. The summed E-state index contributed by atoms with van der Waals surface area (Å²) in [6.45, 7) is 9.37. The maximum atomic E-state index is 12.7. The van der Waals surface area contributed by atoms with E-state index in [1.54, 1.807) is 12.1 Å². The molecule has 6 nitrogen and oxygen atoms in total. The van der Waals surface area contributed by atoms with Gasteiger partial charge in [0.1, 0.15) is 17.8 Å². The normalized spacial score (nSPS) is 14.3. The van der Waals surface area contributed by atoms with Gasteiger partial charge in [-0.1, -0.05) is 18.2 Å². The summed E-state index contributed by atoms with van der Waals surface area (Å²) in [7, 11) is 0. The number of nitrogens with one attached hydrogen (secondary N) is 1. The van der Waals surface area contributed by atoms with E-state index >= 15 is 0 Å². The van der Waals surface area contributed by atoms with Gasteiger partial charge in [-0.15, -0.1) is 6.58 Å². The molecule has 130 valence electrons. The summed E-state index contributed by atoms with van der Waals surface area (Å²) in [4.78, 5) is 25.1. The Morgan fingerprint density at radius 2 is 2.04 bits per heavy atom. The van der Waals surface area contributed by atoms with Crippen LogP contribution in [0.15, 0.2) is 49.3 Å². The van der Waals surface area contributed by atoms with Crippen LogP contribution in [0.2, 0.25) is 0 Å². The maximum absolute atomic E-state index is 12.7. The first kappa shape index (κ1) is 17.0. The molecular formula is C19H23N5O. The molecule has 2 aromatic rings. The molecule has 0 atom stereocenters. The summed E-state index contributed by atoms with van der Waals surface area (Å²) in [6.07, 6.45) is 3.16. The Hall–Kier alpha value is -2.89. The van der Waals surface area contributed by atoms with Crippen molar-refractivity contribution in [2.24, 2.45) is 0 Å². The summed E-state index contributed by atoms with van der Waals surface area (Å²) in [6, 6.07) is 10.2. The minimum Gasteiger partial charge on any atom is -0.368 e. The van der Waals surface area contributed by atoms with Crippen molar-refractivity contribution in [3.8, 4) is 0 Å². The average molecular weight is 337 g/mol. The molecule has 25 heavy (non-hydrogen) atoms. The largest absolute Gasteiger partial charge is 0.368 e. The van der Waals surface area contributed by atoms with Crippen LogP contribution in [0.4, 0.5) is 11.5 Å². The monoisotopic (exact) mass is 337 g/mol. The molecule has 0 unspecified atom stereocenters. The van der Waals surface area contributed by atoms with Crippen LogP contribution in [-0.4, -0.2) is 53.5 Å². The molecule has 1 fully saturated rings. The van der Waals surface area contributed by atoms with Crippen LogP contribution in [0.1, 0.15) is 16.1 Å². The molecule has 0 radical (unpaired) electrons. The molecule has 3 rings (SSSR count). The second-order valence-electron chi connectivity index (χ2n) is 6.08. The van der Waals surface area contributed by atoms with Crippen LogP contribution in [-0.2, 0) is 0 Å². The highest BCUT2D eigenvalue weighted by Crippen LogP contribution is 2.18. The minimum absolute atomic E-state index is 0.0482. The number of piperazine rings is 1. The van der Waals surface area contributed by atoms with Crippen LogP contribution in [0, 0.1) is 6.92 Å². The van der Waals surface area contributed by atoms with Crippen molar-refractivity contribution in [1.82, 2.24) is 14.9 Å². The van der Waals surface area contributed by atoms with Gasteiger partial charge in [-0.3, -0.25) is 4.79 Å². The number of aromatic nitrogens is 2. The predicted octanol–water partition coefficient (Wildman–Crippen LogP) is 2.35. The van der Waals surface area contributed by atoms with E-state index < -0.39 is 0 Å². The summed E-state index contributed by atoms with van der Waals surface area (Å²) < 4.78 is 0. The Morgan fingerprint density at radius 1 is 1.24 bits per heavy atom. The molecule has 1 saturated heterocycles. The Morgan fingerprint density at radius 3 is 2.76 bits per heavy atom. The lowest BCUT2D eigenvalue weighted by Gasteiger charge is -2.36. The van der Waals surface area contributed by atoms with Crippen molar-refractivity contribution in [2.45, 2.75) is 6.92 Å². The Labute approximate surface area is 148 Å². The van der Waals surface area contributed by atoms with Crippen molar-refractivity contribution >= 4 is 17.4 Å². The number of amides is 1. The van der Waals surface area contributed by atoms with E-state index in [0.717, 1.165) is 13.1 Å².